The Hall–Kier alpha value is -0.360. The Balaban J connectivity index is 0.00000192. The second kappa shape index (κ2) is 8.65. The summed E-state index contributed by atoms with van der Waals surface area (Å²) in [6.07, 6.45) is 6.55. The van der Waals surface area contributed by atoms with Crippen molar-refractivity contribution in [3.63, 3.8) is 0 Å². The molecule has 3 aliphatic rings. The van der Waals surface area contributed by atoms with E-state index in [0.717, 1.165) is 58.5 Å². The van der Waals surface area contributed by atoms with Gasteiger partial charge in [0.2, 0.25) is 5.91 Å². The normalized spacial score (nSPS) is 31.2. The van der Waals surface area contributed by atoms with Gasteiger partial charge in [0.1, 0.15) is 0 Å². The molecular formula is C17H33ClN4O. The molecular weight excluding hydrogens is 312 g/mol. The highest BCUT2D eigenvalue weighted by Gasteiger charge is 2.43. The van der Waals surface area contributed by atoms with Crippen molar-refractivity contribution >= 4 is 18.3 Å². The fourth-order valence-electron chi connectivity index (χ4n) is 4.88. The predicted molar refractivity (Wildman–Crippen MR) is 95.7 cm³/mol. The van der Waals surface area contributed by atoms with Crippen LogP contribution >= 0.6 is 12.4 Å². The third kappa shape index (κ3) is 4.81. The summed E-state index contributed by atoms with van der Waals surface area (Å²) in [5.74, 6) is 1.82. The van der Waals surface area contributed by atoms with Gasteiger partial charge in [-0.05, 0) is 95.5 Å². The second-order valence-electron chi connectivity index (χ2n) is 7.83. The van der Waals surface area contributed by atoms with Crippen molar-refractivity contribution in [1.82, 2.24) is 16.0 Å². The summed E-state index contributed by atoms with van der Waals surface area (Å²) >= 11 is 0. The molecule has 5 nitrogen and oxygen atoms in total. The van der Waals surface area contributed by atoms with Gasteiger partial charge in [-0.1, -0.05) is 0 Å². The zero-order valence-electron chi connectivity index (χ0n) is 14.1. The van der Waals surface area contributed by atoms with Crippen LogP contribution in [0.4, 0.5) is 0 Å². The van der Waals surface area contributed by atoms with E-state index in [1.54, 1.807) is 0 Å². The van der Waals surface area contributed by atoms with Crippen molar-refractivity contribution in [3.05, 3.63) is 0 Å². The van der Waals surface area contributed by atoms with E-state index >= 15 is 0 Å². The van der Waals surface area contributed by atoms with Crippen molar-refractivity contribution < 1.29 is 4.79 Å². The second-order valence-corrected chi connectivity index (χ2v) is 7.83. The zero-order chi connectivity index (χ0) is 15.4. The Bertz CT molecular complexity index is 329. The lowest BCUT2D eigenvalue weighted by Crippen LogP contribution is -2.42. The summed E-state index contributed by atoms with van der Waals surface area (Å²) < 4.78 is 0. The van der Waals surface area contributed by atoms with Crippen LogP contribution in [-0.2, 0) is 4.79 Å². The van der Waals surface area contributed by atoms with E-state index in [4.69, 9.17) is 5.73 Å². The van der Waals surface area contributed by atoms with E-state index in [1.807, 2.05) is 0 Å². The van der Waals surface area contributed by atoms with Crippen LogP contribution < -0.4 is 21.7 Å². The average Bonchev–Trinajstić information content (AvgIpc) is 3.20. The first-order valence-electron chi connectivity index (χ1n) is 9.10. The van der Waals surface area contributed by atoms with Crippen molar-refractivity contribution in [3.8, 4) is 0 Å². The van der Waals surface area contributed by atoms with Crippen molar-refractivity contribution in [1.29, 1.82) is 0 Å². The molecule has 5 N–H and O–H groups in total. The molecule has 3 saturated heterocycles. The molecule has 3 rings (SSSR count). The summed E-state index contributed by atoms with van der Waals surface area (Å²) in [4.78, 5) is 12.5. The van der Waals surface area contributed by atoms with Gasteiger partial charge < -0.3 is 21.7 Å². The molecule has 0 saturated carbocycles. The SMILES string of the molecule is Cl.NC(=O)C(C[C@@H]1CCNC1)(C[C@@H]1CCNC1)C[C@@H]1CCNC1. The fourth-order valence-corrected chi connectivity index (χ4v) is 4.88. The van der Waals surface area contributed by atoms with Gasteiger partial charge in [-0.15, -0.1) is 12.4 Å². The van der Waals surface area contributed by atoms with E-state index in [2.05, 4.69) is 16.0 Å². The van der Waals surface area contributed by atoms with Gasteiger partial charge in [0, 0.05) is 5.41 Å². The number of rotatable bonds is 7. The molecule has 0 radical (unpaired) electrons. The first-order valence-corrected chi connectivity index (χ1v) is 9.10. The van der Waals surface area contributed by atoms with Gasteiger partial charge in [0.15, 0.2) is 0 Å². The third-order valence-electron chi connectivity index (χ3n) is 6.05. The number of hydrogen-bond donors (Lipinski definition) is 4. The molecule has 3 heterocycles. The molecule has 6 heteroatoms. The molecule has 0 aromatic rings. The van der Waals surface area contributed by atoms with Crippen molar-refractivity contribution in [2.75, 3.05) is 39.3 Å². The van der Waals surface area contributed by atoms with Gasteiger partial charge in [0.05, 0.1) is 0 Å². The first kappa shape index (κ1) is 19.0. The van der Waals surface area contributed by atoms with E-state index in [0.29, 0.717) is 17.8 Å². The Morgan fingerprint density at radius 3 is 1.39 bits per heavy atom. The summed E-state index contributed by atoms with van der Waals surface area (Å²) in [5, 5.41) is 10.3. The topological polar surface area (TPSA) is 79.2 Å². The molecule has 0 spiro atoms. The maximum absolute atomic E-state index is 12.5. The minimum atomic E-state index is -0.288. The van der Waals surface area contributed by atoms with Crippen LogP contribution in [-0.4, -0.2) is 45.2 Å². The smallest absolute Gasteiger partial charge is 0.223 e. The van der Waals surface area contributed by atoms with Crippen LogP contribution in [0, 0.1) is 23.2 Å². The highest BCUT2D eigenvalue weighted by atomic mass is 35.5. The van der Waals surface area contributed by atoms with Crippen LogP contribution in [0.5, 0.6) is 0 Å². The number of halogens is 1. The molecule has 3 aliphatic heterocycles. The van der Waals surface area contributed by atoms with Gasteiger partial charge in [-0.2, -0.15) is 0 Å². The van der Waals surface area contributed by atoms with Crippen LogP contribution in [0.3, 0.4) is 0 Å². The minimum Gasteiger partial charge on any atom is -0.369 e. The van der Waals surface area contributed by atoms with Gasteiger partial charge in [-0.25, -0.2) is 0 Å². The molecule has 0 aromatic heterocycles. The minimum absolute atomic E-state index is 0. The number of primary amides is 1. The Morgan fingerprint density at radius 1 is 0.826 bits per heavy atom. The lowest BCUT2D eigenvalue weighted by molar-refractivity contribution is -0.131. The summed E-state index contributed by atoms with van der Waals surface area (Å²) in [5.41, 5.74) is 5.72. The van der Waals surface area contributed by atoms with Gasteiger partial charge in [0.25, 0.3) is 0 Å². The van der Waals surface area contributed by atoms with E-state index in [1.165, 1.54) is 19.3 Å². The average molecular weight is 345 g/mol. The maximum Gasteiger partial charge on any atom is 0.223 e. The molecule has 134 valence electrons. The van der Waals surface area contributed by atoms with Crippen LogP contribution in [0.15, 0.2) is 0 Å². The molecule has 1 amide bonds. The number of carbonyl (C=O) groups excluding carboxylic acids is 1. The highest BCUT2D eigenvalue weighted by molar-refractivity contribution is 5.85. The predicted octanol–water partition coefficient (Wildman–Crippen LogP) is 0.879. The molecule has 0 aromatic carbocycles. The molecule has 0 bridgehead atoms. The lowest BCUT2D eigenvalue weighted by Gasteiger charge is -2.37. The van der Waals surface area contributed by atoms with E-state index < -0.39 is 0 Å². The Morgan fingerprint density at radius 2 is 1.17 bits per heavy atom. The molecule has 23 heavy (non-hydrogen) atoms. The molecule has 0 aliphatic carbocycles. The maximum atomic E-state index is 12.5. The quantitative estimate of drug-likeness (QED) is 0.553. The number of nitrogens with one attached hydrogen (secondary N) is 3. The van der Waals surface area contributed by atoms with E-state index in [9.17, 15) is 4.79 Å². The lowest BCUT2D eigenvalue weighted by atomic mass is 9.67. The van der Waals surface area contributed by atoms with Crippen molar-refractivity contribution in [2.45, 2.75) is 38.5 Å². The Labute approximate surface area is 146 Å². The highest BCUT2D eigenvalue weighted by Crippen LogP contribution is 2.43. The monoisotopic (exact) mass is 344 g/mol. The molecule has 3 atom stereocenters. The summed E-state index contributed by atoms with van der Waals surface area (Å²) in [6, 6.07) is 0. The van der Waals surface area contributed by atoms with Crippen molar-refractivity contribution in [2.24, 2.45) is 28.9 Å². The largest absolute Gasteiger partial charge is 0.369 e. The molecule has 0 unspecified atom stereocenters. The zero-order valence-corrected chi connectivity index (χ0v) is 14.9. The standard InChI is InChI=1S/C17H32N4O.ClH/c18-16(22)17(7-13-1-4-19-10-13,8-14-2-5-20-11-14)9-15-3-6-21-12-15;/h13-15,19-21H,1-12H2,(H2,18,22);1H/t13-,14-,15-;/m0./s1. The van der Waals surface area contributed by atoms with Crippen LogP contribution in [0.1, 0.15) is 38.5 Å². The number of carbonyl (C=O) groups is 1. The third-order valence-corrected chi connectivity index (χ3v) is 6.05. The van der Waals surface area contributed by atoms with Gasteiger partial charge in [-0.3, -0.25) is 4.79 Å². The number of nitrogens with two attached hydrogens (primary N) is 1. The van der Waals surface area contributed by atoms with Crippen LogP contribution in [0.25, 0.3) is 0 Å². The first-order chi connectivity index (χ1) is 10.7. The van der Waals surface area contributed by atoms with Crippen LogP contribution in [0.2, 0.25) is 0 Å². The number of amides is 1. The van der Waals surface area contributed by atoms with E-state index in [-0.39, 0.29) is 23.7 Å². The summed E-state index contributed by atoms with van der Waals surface area (Å²) in [6.45, 7) is 6.45. The van der Waals surface area contributed by atoms with Gasteiger partial charge >= 0.3 is 0 Å². The molecule has 3 fully saturated rings. The fraction of sp³-hybridized carbons (Fsp3) is 0.941. The summed E-state index contributed by atoms with van der Waals surface area (Å²) in [7, 11) is 0. The number of hydrogen-bond acceptors (Lipinski definition) is 4. The Kier molecular flexibility index (Phi) is 7.14.